The Kier molecular flexibility index (Phi) is 3.98. The molecule has 0 atom stereocenters. The van der Waals surface area contributed by atoms with Gasteiger partial charge in [-0.15, -0.1) is 0 Å². The van der Waals surface area contributed by atoms with Crippen LogP contribution < -0.4 is 11.1 Å². The Morgan fingerprint density at radius 3 is 2.39 bits per heavy atom. The van der Waals surface area contributed by atoms with Crippen molar-refractivity contribution in [1.82, 2.24) is 4.98 Å². The third-order valence-corrected chi connectivity index (χ3v) is 3.57. The number of nitrogen functional groups attached to an aromatic ring is 1. The predicted octanol–water partition coefficient (Wildman–Crippen LogP) is 3.44. The van der Waals surface area contributed by atoms with Crippen molar-refractivity contribution in [2.75, 3.05) is 11.1 Å². The van der Waals surface area contributed by atoms with Crippen molar-refractivity contribution < 1.29 is 4.79 Å². The number of aromatic nitrogens is 1. The molecule has 0 spiro atoms. The summed E-state index contributed by atoms with van der Waals surface area (Å²) in [6, 6.07) is 8.78. The maximum absolute atomic E-state index is 12.0. The molecule has 0 aliphatic carbocycles. The third-order valence-electron chi connectivity index (χ3n) is 2.25. The number of carbonyl (C=O) groups is 1. The zero-order valence-electron chi connectivity index (χ0n) is 9.15. The molecule has 0 aliphatic rings. The van der Waals surface area contributed by atoms with Crippen LogP contribution in [-0.4, -0.2) is 10.9 Å². The highest BCUT2D eigenvalue weighted by molar-refractivity contribution is 9.11. The van der Waals surface area contributed by atoms with Gasteiger partial charge in [-0.2, -0.15) is 0 Å². The lowest BCUT2D eigenvalue weighted by atomic mass is 10.2. The molecule has 18 heavy (non-hydrogen) atoms. The summed E-state index contributed by atoms with van der Waals surface area (Å²) in [7, 11) is 0. The van der Waals surface area contributed by atoms with E-state index in [1.54, 1.807) is 12.1 Å². The van der Waals surface area contributed by atoms with Crippen LogP contribution in [-0.2, 0) is 0 Å². The summed E-state index contributed by atoms with van der Waals surface area (Å²) in [5.74, 6) is 0.142. The molecule has 0 saturated carbocycles. The standard InChI is InChI=1S/C12H9Br2N3O/c13-8-2-1-3-9(14)11(8)17-12(18)7-4-5-10(15)16-6-7/h1-6H,(H2,15,16)(H,17,18). The molecule has 3 N–H and O–H groups in total. The van der Waals surface area contributed by atoms with E-state index in [9.17, 15) is 4.79 Å². The van der Waals surface area contributed by atoms with Crippen molar-refractivity contribution in [3.05, 3.63) is 51.0 Å². The highest BCUT2D eigenvalue weighted by Gasteiger charge is 2.10. The molecule has 1 aromatic carbocycles. The fourth-order valence-corrected chi connectivity index (χ4v) is 2.54. The molecular weight excluding hydrogens is 362 g/mol. The smallest absolute Gasteiger partial charge is 0.257 e. The van der Waals surface area contributed by atoms with Crippen molar-refractivity contribution in [3.63, 3.8) is 0 Å². The van der Waals surface area contributed by atoms with Crippen LogP contribution >= 0.6 is 31.9 Å². The van der Waals surface area contributed by atoms with Crippen molar-refractivity contribution in [2.45, 2.75) is 0 Å². The lowest BCUT2D eigenvalue weighted by Crippen LogP contribution is -2.13. The maximum atomic E-state index is 12.0. The molecule has 1 aromatic heterocycles. The number of pyridine rings is 1. The zero-order valence-corrected chi connectivity index (χ0v) is 12.3. The SMILES string of the molecule is Nc1ccc(C(=O)Nc2c(Br)cccc2Br)cn1. The number of hydrogen-bond acceptors (Lipinski definition) is 3. The zero-order chi connectivity index (χ0) is 13.1. The molecular formula is C12H9Br2N3O. The monoisotopic (exact) mass is 369 g/mol. The normalized spacial score (nSPS) is 10.1. The molecule has 0 radical (unpaired) electrons. The van der Waals surface area contributed by atoms with Gasteiger partial charge >= 0.3 is 0 Å². The summed E-state index contributed by atoms with van der Waals surface area (Å²) in [5.41, 5.74) is 6.60. The van der Waals surface area contributed by atoms with Gasteiger partial charge in [0.25, 0.3) is 5.91 Å². The summed E-state index contributed by atoms with van der Waals surface area (Å²) in [5, 5.41) is 2.80. The molecule has 92 valence electrons. The Hall–Kier alpha value is -1.40. The Bertz CT molecular complexity index is 564. The largest absolute Gasteiger partial charge is 0.384 e. The predicted molar refractivity (Wildman–Crippen MR) is 78.4 cm³/mol. The quantitative estimate of drug-likeness (QED) is 0.850. The molecule has 0 bridgehead atoms. The topological polar surface area (TPSA) is 68.0 Å². The van der Waals surface area contributed by atoms with Crippen LogP contribution in [0.1, 0.15) is 10.4 Å². The third kappa shape index (κ3) is 2.88. The molecule has 6 heteroatoms. The lowest BCUT2D eigenvalue weighted by molar-refractivity contribution is 0.102. The molecule has 4 nitrogen and oxygen atoms in total. The number of nitrogens with one attached hydrogen (secondary N) is 1. The molecule has 2 rings (SSSR count). The van der Waals surface area contributed by atoms with Crippen molar-refractivity contribution >= 4 is 49.3 Å². The van der Waals surface area contributed by atoms with E-state index in [4.69, 9.17) is 5.73 Å². The number of carbonyl (C=O) groups excluding carboxylic acids is 1. The summed E-state index contributed by atoms with van der Waals surface area (Å²) in [6.07, 6.45) is 1.44. The Morgan fingerprint density at radius 1 is 1.17 bits per heavy atom. The molecule has 1 heterocycles. The maximum Gasteiger partial charge on any atom is 0.257 e. The second-order valence-corrected chi connectivity index (χ2v) is 5.23. The van der Waals surface area contributed by atoms with Gasteiger partial charge in [0.05, 0.1) is 11.3 Å². The molecule has 2 aromatic rings. The van der Waals surface area contributed by atoms with Crippen LogP contribution in [0.15, 0.2) is 45.5 Å². The number of anilines is 2. The van der Waals surface area contributed by atoms with Gasteiger partial charge in [-0.25, -0.2) is 4.98 Å². The average Bonchev–Trinajstić information content (AvgIpc) is 2.34. The minimum absolute atomic E-state index is 0.241. The number of nitrogens with two attached hydrogens (primary N) is 1. The number of benzene rings is 1. The first-order valence-corrected chi connectivity index (χ1v) is 6.63. The summed E-state index contributed by atoms with van der Waals surface area (Å²) in [4.78, 5) is 15.9. The van der Waals surface area contributed by atoms with E-state index in [1.807, 2.05) is 18.2 Å². The molecule has 0 unspecified atom stereocenters. The van der Waals surface area contributed by atoms with E-state index in [0.717, 1.165) is 8.95 Å². The van der Waals surface area contributed by atoms with Gasteiger partial charge < -0.3 is 11.1 Å². The molecule has 1 amide bonds. The number of rotatable bonds is 2. The van der Waals surface area contributed by atoms with Gasteiger partial charge in [-0.05, 0) is 56.1 Å². The number of nitrogens with zero attached hydrogens (tertiary/aromatic N) is 1. The first kappa shape index (κ1) is 13.0. The van der Waals surface area contributed by atoms with E-state index in [0.29, 0.717) is 17.1 Å². The van der Waals surface area contributed by atoms with Gasteiger partial charge in [0.15, 0.2) is 0 Å². The average molecular weight is 371 g/mol. The summed E-state index contributed by atoms with van der Waals surface area (Å²) < 4.78 is 1.60. The lowest BCUT2D eigenvalue weighted by Gasteiger charge is -2.09. The number of hydrogen-bond donors (Lipinski definition) is 2. The van der Waals surface area contributed by atoms with Crippen LogP contribution in [0, 0.1) is 0 Å². The molecule has 0 saturated heterocycles. The second kappa shape index (κ2) is 5.49. The van der Waals surface area contributed by atoms with E-state index in [1.165, 1.54) is 6.20 Å². The first-order chi connectivity index (χ1) is 8.58. The van der Waals surface area contributed by atoms with Crippen LogP contribution in [0.2, 0.25) is 0 Å². The van der Waals surface area contributed by atoms with Gasteiger partial charge in [-0.1, -0.05) is 6.07 Å². The van der Waals surface area contributed by atoms with Crippen molar-refractivity contribution in [2.24, 2.45) is 0 Å². The summed E-state index contributed by atoms with van der Waals surface area (Å²) >= 11 is 6.76. The number of para-hydroxylation sites is 1. The highest BCUT2D eigenvalue weighted by atomic mass is 79.9. The Morgan fingerprint density at radius 2 is 1.83 bits per heavy atom. The van der Waals surface area contributed by atoms with Crippen LogP contribution in [0.3, 0.4) is 0 Å². The Labute approximate surface area is 121 Å². The summed E-state index contributed by atoms with van der Waals surface area (Å²) in [6.45, 7) is 0. The fourth-order valence-electron chi connectivity index (χ4n) is 1.34. The van der Waals surface area contributed by atoms with E-state index in [-0.39, 0.29) is 5.91 Å². The minimum atomic E-state index is -0.241. The number of amides is 1. The minimum Gasteiger partial charge on any atom is -0.384 e. The second-order valence-electron chi connectivity index (χ2n) is 3.52. The van der Waals surface area contributed by atoms with Gasteiger partial charge in [0.1, 0.15) is 5.82 Å². The van der Waals surface area contributed by atoms with Crippen LogP contribution in [0.25, 0.3) is 0 Å². The van der Waals surface area contributed by atoms with Crippen molar-refractivity contribution in [3.8, 4) is 0 Å². The van der Waals surface area contributed by atoms with Gasteiger partial charge in [0, 0.05) is 15.1 Å². The van der Waals surface area contributed by atoms with Crippen LogP contribution in [0.4, 0.5) is 11.5 Å². The molecule has 0 fully saturated rings. The number of halogens is 2. The first-order valence-electron chi connectivity index (χ1n) is 5.05. The van der Waals surface area contributed by atoms with Crippen LogP contribution in [0.5, 0.6) is 0 Å². The van der Waals surface area contributed by atoms with Gasteiger partial charge in [-0.3, -0.25) is 4.79 Å². The van der Waals surface area contributed by atoms with Crippen molar-refractivity contribution in [1.29, 1.82) is 0 Å². The molecule has 0 aliphatic heterocycles. The van der Waals surface area contributed by atoms with E-state index >= 15 is 0 Å². The van der Waals surface area contributed by atoms with E-state index in [2.05, 4.69) is 42.2 Å². The van der Waals surface area contributed by atoms with E-state index < -0.39 is 0 Å². The fraction of sp³-hybridized carbons (Fsp3) is 0. The van der Waals surface area contributed by atoms with Gasteiger partial charge in [0.2, 0.25) is 0 Å². The highest BCUT2D eigenvalue weighted by Crippen LogP contribution is 2.30. The Balaban J connectivity index is 2.24.